The average molecular weight is 258 g/mol. The van der Waals surface area contributed by atoms with Crippen molar-refractivity contribution in [3.63, 3.8) is 0 Å². The summed E-state index contributed by atoms with van der Waals surface area (Å²) in [5, 5.41) is 13.1. The molecule has 0 aliphatic carbocycles. The molecule has 0 aliphatic rings. The minimum Gasteiger partial charge on any atom is -0.346 e. The van der Waals surface area contributed by atoms with Gasteiger partial charge in [0.1, 0.15) is 0 Å². The van der Waals surface area contributed by atoms with Crippen molar-refractivity contribution in [2.75, 3.05) is 0 Å². The fraction of sp³-hybridized carbons (Fsp3) is 0.0833. The monoisotopic (exact) mass is 258 g/mol. The normalized spacial score (nSPS) is 9.89. The second-order valence-corrected chi connectivity index (χ2v) is 3.68. The Morgan fingerprint density at radius 3 is 2.58 bits per heavy atom. The maximum Gasteiger partial charge on any atom is 0.269 e. The number of amides is 1. The van der Waals surface area contributed by atoms with Gasteiger partial charge < -0.3 is 5.32 Å². The highest BCUT2D eigenvalue weighted by Gasteiger charge is 2.09. The molecule has 7 nitrogen and oxygen atoms in total. The Balaban J connectivity index is 1.98. The number of nitrogens with one attached hydrogen (secondary N) is 1. The number of hydrogen-bond donors (Lipinski definition) is 1. The second kappa shape index (κ2) is 5.67. The lowest BCUT2D eigenvalue weighted by atomic mass is 10.2. The molecule has 1 amide bonds. The quantitative estimate of drug-likeness (QED) is 0.658. The lowest BCUT2D eigenvalue weighted by Gasteiger charge is -2.04. The van der Waals surface area contributed by atoms with Crippen molar-refractivity contribution in [1.82, 2.24) is 15.3 Å². The summed E-state index contributed by atoms with van der Waals surface area (Å²) in [7, 11) is 0. The molecule has 0 fully saturated rings. The van der Waals surface area contributed by atoms with Gasteiger partial charge in [-0.3, -0.25) is 24.9 Å². The summed E-state index contributed by atoms with van der Waals surface area (Å²) in [6, 6.07) is 5.39. The van der Waals surface area contributed by atoms with Crippen LogP contribution in [0.4, 0.5) is 5.69 Å². The van der Waals surface area contributed by atoms with E-state index in [0.717, 1.165) is 0 Å². The van der Waals surface area contributed by atoms with Crippen molar-refractivity contribution in [1.29, 1.82) is 0 Å². The van der Waals surface area contributed by atoms with Crippen LogP contribution in [0.25, 0.3) is 0 Å². The van der Waals surface area contributed by atoms with Crippen molar-refractivity contribution >= 4 is 11.6 Å². The van der Waals surface area contributed by atoms with Crippen LogP contribution >= 0.6 is 0 Å². The topological polar surface area (TPSA) is 98.0 Å². The smallest absolute Gasteiger partial charge is 0.269 e. The molecule has 0 saturated heterocycles. The third-order valence-corrected chi connectivity index (χ3v) is 2.39. The Morgan fingerprint density at radius 2 is 2.00 bits per heavy atom. The van der Waals surface area contributed by atoms with E-state index in [0.29, 0.717) is 11.3 Å². The highest BCUT2D eigenvalue weighted by molar-refractivity contribution is 5.94. The predicted octanol–water partition coefficient (Wildman–Crippen LogP) is 1.31. The van der Waals surface area contributed by atoms with Crippen LogP contribution in [0, 0.1) is 10.1 Å². The summed E-state index contributed by atoms with van der Waals surface area (Å²) in [4.78, 5) is 29.6. The Kier molecular flexibility index (Phi) is 3.77. The summed E-state index contributed by atoms with van der Waals surface area (Å²) in [5.41, 5.74) is 0.942. The lowest BCUT2D eigenvalue weighted by molar-refractivity contribution is -0.384. The summed E-state index contributed by atoms with van der Waals surface area (Å²) in [5.74, 6) is -0.319. The van der Waals surface area contributed by atoms with E-state index >= 15 is 0 Å². The van der Waals surface area contributed by atoms with E-state index < -0.39 is 4.92 Å². The molecule has 19 heavy (non-hydrogen) atoms. The zero-order valence-corrected chi connectivity index (χ0v) is 9.81. The summed E-state index contributed by atoms with van der Waals surface area (Å²) in [6.45, 7) is 0.254. The fourth-order valence-corrected chi connectivity index (χ4v) is 1.43. The van der Waals surface area contributed by atoms with Gasteiger partial charge in [-0.2, -0.15) is 0 Å². The molecule has 1 aromatic carbocycles. The molecule has 0 radical (unpaired) electrons. The third-order valence-electron chi connectivity index (χ3n) is 2.39. The Morgan fingerprint density at radius 1 is 1.26 bits per heavy atom. The maximum absolute atomic E-state index is 11.8. The summed E-state index contributed by atoms with van der Waals surface area (Å²) in [6.07, 6.45) is 4.63. The van der Waals surface area contributed by atoms with Gasteiger partial charge in [0.25, 0.3) is 11.6 Å². The number of benzene rings is 1. The van der Waals surface area contributed by atoms with Gasteiger partial charge in [0.15, 0.2) is 0 Å². The predicted molar refractivity (Wildman–Crippen MR) is 66.3 cm³/mol. The number of aromatic nitrogens is 2. The van der Waals surface area contributed by atoms with E-state index in [9.17, 15) is 14.9 Å². The number of nitro benzene ring substituents is 1. The molecule has 0 aliphatic heterocycles. The average Bonchev–Trinajstić information content (AvgIpc) is 2.46. The Labute approximate surface area is 108 Å². The number of rotatable bonds is 4. The highest BCUT2D eigenvalue weighted by Crippen LogP contribution is 2.11. The molecule has 7 heteroatoms. The van der Waals surface area contributed by atoms with Gasteiger partial charge in [-0.1, -0.05) is 0 Å². The summed E-state index contributed by atoms with van der Waals surface area (Å²) >= 11 is 0. The van der Waals surface area contributed by atoms with Crippen LogP contribution in [0.1, 0.15) is 16.1 Å². The van der Waals surface area contributed by atoms with Crippen molar-refractivity contribution < 1.29 is 9.72 Å². The molecule has 0 unspecified atom stereocenters. The highest BCUT2D eigenvalue weighted by atomic mass is 16.6. The van der Waals surface area contributed by atoms with Crippen LogP contribution in [0.2, 0.25) is 0 Å². The summed E-state index contributed by atoms with van der Waals surface area (Å²) < 4.78 is 0. The first-order valence-electron chi connectivity index (χ1n) is 5.44. The largest absolute Gasteiger partial charge is 0.346 e. The van der Waals surface area contributed by atoms with Crippen LogP contribution in [-0.4, -0.2) is 20.8 Å². The van der Waals surface area contributed by atoms with Gasteiger partial charge in [-0.25, -0.2) is 0 Å². The molecule has 96 valence electrons. The van der Waals surface area contributed by atoms with Crippen molar-refractivity contribution in [2.45, 2.75) is 6.54 Å². The van der Waals surface area contributed by atoms with Gasteiger partial charge in [0.2, 0.25) is 0 Å². The molecule has 2 rings (SSSR count). The third kappa shape index (κ3) is 3.32. The van der Waals surface area contributed by atoms with E-state index in [2.05, 4.69) is 15.3 Å². The van der Waals surface area contributed by atoms with E-state index in [-0.39, 0.29) is 18.1 Å². The Bertz CT molecular complexity index is 584. The number of nitro groups is 1. The van der Waals surface area contributed by atoms with E-state index in [1.807, 2.05) is 0 Å². The molecule has 0 atom stereocenters. The molecule has 0 bridgehead atoms. The van der Waals surface area contributed by atoms with Crippen molar-refractivity contribution in [3.05, 3.63) is 64.2 Å². The first-order chi connectivity index (χ1) is 9.16. The lowest BCUT2D eigenvalue weighted by Crippen LogP contribution is -2.23. The number of carbonyl (C=O) groups excluding carboxylic acids is 1. The van der Waals surface area contributed by atoms with Crippen LogP contribution in [0.3, 0.4) is 0 Å². The molecule has 1 aromatic heterocycles. The van der Waals surface area contributed by atoms with E-state index in [4.69, 9.17) is 0 Å². The van der Waals surface area contributed by atoms with Crippen LogP contribution < -0.4 is 5.32 Å². The zero-order valence-electron chi connectivity index (χ0n) is 9.81. The molecule has 2 aromatic rings. The number of nitrogens with zero attached hydrogens (tertiary/aromatic N) is 3. The van der Waals surface area contributed by atoms with E-state index in [1.54, 1.807) is 12.4 Å². The van der Waals surface area contributed by atoms with E-state index in [1.165, 1.54) is 30.5 Å². The second-order valence-electron chi connectivity index (χ2n) is 3.68. The molecule has 1 heterocycles. The fourth-order valence-electron chi connectivity index (χ4n) is 1.43. The Hall–Kier alpha value is -2.83. The van der Waals surface area contributed by atoms with Crippen molar-refractivity contribution in [2.24, 2.45) is 0 Å². The minimum absolute atomic E-state index is 0.0505. The molecular weight excluding hydrogens is 248 g/mol. The molecule has 1 N–H and O–H groups in total. The van der Waals surface area contributed by atoms with Crippen LogP contribution in [0.5, 0.6) is 0 Å². The van der Waals surface area contributed by atoms with Crippen molar-refractivity contribution in [3.8, 4) is 0 Å². The number of non-ortho nitro benzene ring substituents is 1. The molecular formula is C12H10N4O3. The first-order valence-corrected chi connectivity index (χ1v) is 5.44. The SMILES string of the molecule is O=C(NCc1cnccn1)c1ccc([N+](=O)[O-])cc1. The van der Waals surface area contributed by atoms with Crippen LogP contribution in [0.15, 0.2) is 42.9 Å². The number of carbonyl (C=O) groups is 1. The standard InChI is InChI=1S/C12H10N4O3/c17-12(15-8-10-7-13-5-6-14-10)9-1-3-11(4-2-9)16(18)19/h1-7H,8H2,(H,15,17). The first kappa shape index (κ1) is 12.6. The maximum atomic E-state index is 11.8. The van der Waals surface area contributed by atoms with Gasteiger partial charge in [-0.15, -0.1) is 0 Å². The molecule has 0 spiro atoms. The number of hydrogen-bond acceptors (Lipinski definition) is 5. The van der Waals surface area contributed by atoms with Gasteiger partial charge in [0, 0.05) is 30.1 Å². The zero-order chi connectivity index (χ0) is 13.7. The molecule has 0 saturated carbocycles. The van der Waals surface area contributed by atoms with Gasteiger partial charge in [-0.05, 0) is 12.1 Å². The van der Waals surface area contributed by atoms with Gasteiger partial charge >= 0.3 is 0 Å². The van der Waals surface area contributed by atoms with Gasteiger partial charge in [0.05, 0.1) is 23.4 Å². The minimum atomic E-state index is -0.513. The van der Waals surface area contributed by atoms with Crippen LogP contribution in [-0.2, 0) is 6.54 Å².